The van der Waals surface area contributed by atoms with Crippen LogP contribution in [0.3, 0.4) is 0 Å². The number of halogens is 2. The average Bonchev–Trinajstić information content (AvgIpc) is 3.05. The van der Waals surface area contributed by atoms with Crippen molar-refractivity contribution in [2.45, 2.75) is 19.1 Å². The highest BCUT2D eigenvalue weighted by Crippen LogP contribution is 2.32. The highest BCUT2D eigenvalue weighted by molar-refractivity contribution is 5.63. The molecule has 1 aromatic carbocycles. The Bertz CT molecular complexity index is 719. The molecule has 1 fully saturated rings. The number of aliphatic hydroxyl groups excluding tert-OH is 1. The van der Waals surface area contributed by atoms with Gasteiger partial charge in [0.05, 0.1) is 19.3 Å². The zero-order chi connectivity index (χ0) is 18.5. The van der Waals surface area contributed by atoms with Gasteiger partial charge in [-0.1, -0.05) is 5.16 Å². The second-order valence-electron chi connectivity index (χ2n) is 6.01. The number of ether oxygens (including phenoxy) is 2. The van der Waals surface area contributed by atoms with Gasteiger partial charge >= 0.3 is 6.61 Å². The maximum Gasteiger partial charge on any atom is 0.387 e. The molecule has 7 nitrogen and oxygen atoms in total. The Labute approximate surface area is 148 Å². The third kappa shape index (κ3) is 4.90. The summed E-state index contributed by atoms with van der Waals surface area (Å²) in [4.78, 5) is 2.12. The van der Waals surface area contributed by atoms with E-state index in [9.17, 15) is 19.0 Å². The molecule has 0 amide bonds. The summed E-state index contributed by atoms with van der Waals surface area (Å²) >= 11 is 0. The SMILES string of the molecule is Oc1cc(-c2cc(CC(O)CN3CCOCC3)on2)ccc1OC(F)F. The molecular formula is C17H20F2N2O5. The number of phenols is 1. The summed E-state index contributed by atoms with van der Waals surface area (Å²) in [5.74, 6) is -0.235. The van der Waals surface area contributed by atoms with Crippen molar-refractivity contribution in [3.63, 3.8) is 0 Å². The predicted molar refractivity (Wildman–Crippen MR) is 87.2 cm³/mol. The summed E-state index contributed by atoms with van der Waals surface area (Å²) in [5.41, 5.74) is 0.916. The number of aromatic hydroxyl groups is 1. The standard InChI is InChI=1S/C17H20F2N2O5/c18-17(19)25-16-2-1-11(7-15(16)23)14-9-13(26-20-14)8-12(22)10-21-3-5-24-6-4-21/h1-2,7,9,12,17,22-23H,3-6,8,10H2. The van der Waals surface area contributed by atoms with E-state index >= 15 is 0 Å². The number of phenolic OH excluding ortho intramolecular Hbond substituents is 1. The van der Waals surface area contributed by atoms with Crippen LogP contribution < -0.4 is 4.74 Å². The molecule has 1 aromatic heterocycles. The Morgan fingerprint density at radius 3 is 2.69 bits per heavy atom. The highest BCUT2D eigenvalue weighted by Gasteiger charge is 2.18. The first kappa shape index (κ1) is 18.6. The highest BCUT2D eigenvalue weighted by atomic mass is 19.3. The van der Waals surface area contributed by atoms with Crippen LogP contribution >= 0.6 is 0 Å². The molecule has 2 aromatic rings. The number of rotatable bonds is 7. The average molecular weight is 370 g/mol. The molecule has 1 unspecified atom stereocenters. The lowest BCUT2D eigenvalue weighted by molar-refractivity contribution is -0.0512. The number of benzene rings is 1. The number of aromatic nitrogens is 1. The molecule has 1 atom stereocenters. The minimum Gasteiger partial charge on any atom is -0.504 e. The zero-order valence-electron chi connectivity index (χ0n) is 14.0. The van der Waals surface area contributed by atoms with Gasteiger partial charge in [-0.15, -0.1) is 0 Å². The number of hydrogen-bond acceptors (Lipinski definition) is 7. The Hall–Kier alpha value is -2.23. The Morgan fingerprint density at radius 1 is 1.23 bits per heavy atom. The van der Waals surface area contributed by atoms with Gasteiger partial charge in [0, 0.05) is 37.7 Å². The lowest BCUT2D eigenvalue weighted by atomic mass is 10.1. The van der Waals surface area contributed by atoms with E-state index in [4.69, 9.17) is 9.26 Å². The van der Waals surface area contributed by atoms with Crippen LogP contribution in [0.4, 0.5) is 8.78 Å². The van der Waals surface area contributed by atoms with Crippen molar-refractivity contribution >= 4 is 0 Å². The smallest absolute Gasteiger partial charge is 0.387 e. The van der Waals surface area contributed by atoms with Gasteiger partial charge in [0.25, 0.3) is 0 Å². The van der Waals surface area contributed by atoms with Crippen LogP contribution in [0.15, 0.2) is 28.8 Å². The lowest BCUT2D eigenvalue weighted by Crippen LogP contribution is -2.41. The van der Waals surface area contributed by atoms with Crippen LogP contribution in [0.25, 0.3) is 11.3 Å². The van der Waals surface area contributed by atoms with Crippen LogP contribution in [-0.4, -0.2) is 65.8 Å². The van der Waals surface area contributed by atoms with E-state index in [0.29, 0.717) is 43.2 Å². The third-order valence-electron chi connectivity index (χ3n) is 4.04. The van der Waals surface area contributed by atoms with Gasteiger partial charge in [-0.05, 0) is 18.2 Å². The van der Waals surface area contributed by atoms with Crippen LogP contribution in [0.2, 0.25) is 0 Å². The van der Waals surface area contributed by atoms with E-state index < -0.39 is 18.5 Å². The Balaban J connectivity index is 1.61. The quantitative estimate of drug-likeness (QED) is 0.769. The van der Waals surface area contributed by atoms with Crippen molar-refractivity contribution in [1.82, 2.24) is 10.1 Å². The molecule has 2 heterocycles. The topological polar surface area (TPSA) is 88.2 Å². The summed E-state index contributed by atoms with van der Waals surface area (Å²) < 4.78 is 39.1. The maximum absolute atomic E-state index is 12.2. The molecule has 0 aliphatic carbocycles. The fourth-order valence-corrected chi connectivity index (χ4v) is 2.80. The van der Waals surface area contributed by atoms with Gasteiger partial charge in [0.2, 0.25) is 0 Å². The number of morpholine rings is 1. The molecule has 0 bridgehead atoms. The van der Waals surface area contributed by atoms with Crippen molar-refractivity contribution in [3.8, 4) is 22.8 Å². The van der Waals surface area contributed by atoms with E-state index in [2.05, 4.69) is 14.8 Å². The third-order valence-corrected chi connectivity index (χ3v) is 4.04. The number of aliphatic hydroxyl groups is 1. The summed E-state index contributed by atoms with van der Waals surface area (Å²) in [6.07, 6.45) is -0.313. The van der Waals surface area contributed by atoms with Crippen molar-refractivity contribution in [2.75, 3.05) is 32.8 Å². The molecule has 3 rings (SSSR count). The molecule has 0 spiro atoms. The van der Waals surface area contributed by atoms with E-state index in [1.807, 2.05) is 0 Å². The van der Waals surface area contributed by atoms with Crippen LogP contribution in [0, 0.1) is 0 Å². The van der Waals surface area contributed by atoms with Gasteiger partial charge in [-0.25, -0.2) is 0 Å². The second kappa shape index (κ2) is 8.43. The Morgan fingerprint density at radius 2 is 2.00 bits per heavy atom. The number of hydrogen-bond donors (Lipinski definition) is 2. The van der Waals surface area contributed by atoms with E-state index in [-0.39, 0.29) is 5.75 Å². The Kier molecular flexibility index (Phi) is 6.02. The molecule has 9 heteroatoms. The molecule has 0 radical (unpaired) electrons. The van der Waals surface area contributed by atoms with Crippen LogP contribution in [-0.2, 0) is 11.2 Å². The fourth-order valence-electron chi connectivity index (χ4n) is 2.80. The van der Waals surface area contributed by atoms with Gasteiger partial charge in [-0.3, -0.25) is 4.90 Å². The van der Waals surface area contributed by atoms with E-state index in [1.54, 1.807) is 6.07 Å². The molecule has 26 heavy (non-hydrogen) atoms. The molecule has 2 N–H and O–H groups in total. The predicted octanol–water partition coefficient (Wildman–Crippen LogP) is 1.88. The van der Waals surface area contributed by atoms with Gasteiger partial charge in [0.15, 0.2) is 11.5 Å². The van der Waals surface area contributed by atoms with Crippen LogP contribution in [0.1, 0.15) is 5.76 Å². The largest absolute Gasteiger partial charge is 0.504 e. The van der Waals surface area contributed by atoms with Gasteiger partial charge < -0.3 is 24.2 Å². The molecule has 0 saturated carbocycles. The maximum atomic E-state index is 12.2. The zero-order valence-corrected chi connectivity index (χ0v) is 14.0. The fraction of sp³-hybridized carbons (Fsp3) is 0.471. The lowest BCUT2D eigenvalue weighted by Gasteiger charge is -2.28. The van der Waals surface area contributed by atoms with Crippen molar-refractivity contribution < 1.29 is 33.0 Å². The molecule has 1 saturated heterocycles. The van der Waals surface area contributed by atoms with Crippen molar-refractivity contribution in [2.24, 2.45) is 0 Å². The van der Waals surface area contributed by atoms with Gasteiger partial charge in [-0.2, -0.15) is 8.78 Å². The van der Waals surface area contributed by atoms with E-state index in [0.717, 1.165) is 13.1 Å². The second-order valence-corrected chi connectivity index (χ2v) is 6.01. The number of nitrogens with zero attached hydrogens (tertiary/aromatic N) is 2. The van der Waals surface area contributed by atoms with Crippen molar-refractivity contribution in [3.05, 3.63) is 30.0 Å². The number of β-amino-alcohol motifs (C(OH)–C–C–N with tert-alkyl or cyclic N) is 1. The van der Waals surface area contributed by atoms with Crippen LogP contribution in [0.5, 0.6) is 11.5 Å². The molecule has 1 aliphatic rings. The molecular weight excluding hydrogens is 350 g/mol. The summed E-state index contributed by atoms with van der Waals surface area (Å²) in [7, 11) is 0. The minimum absolute atomic E-state index is 0.295. The summed E-state index contributed by atoms with van der Waals surface area (Å²) in [6, 6.07) is 5.64. The normalized spacial score (nSPS) is 16.8. The first-order chi connectivity index (χ1) is 12.5. The van der Waals surface area contributed by atoms with E-state index in [1.165, 1.54) is 18.2 Å². The van der Waals surface area contributed by atoms with Crippen molar-refractivity contribution in [1.29, 1.82) is 0 Å². The summed E-state index contributed by atoms with van der Waals surface area (Å²) in [6.45, 7) is 0.385. The first-order valence-corrected chi connectivity index (χ1v) is 8.23. The molecule has 142 valence electrons. The monoisotopic (exact) mass is 370 g/mol. The summed E-state index contributed by atoms with van der Waals surface area (Å²) in [5, 5.41) is 23.9. The number of alkyl halides is 2. The molecule has 1 aliphatic heterocycles. The minimum atomic E-state index is -3.02. The first-order valence-electron chi connectivity index (χ1n) is 8.23. The van der Waals surface area contributed by atoms with Gasteiger partial charge in [0.1, 0.15) is 11.5 Å².